The van der Waals surface area contributed by atoms with Crippen molar-refractivity contribution in [2.24, 2.45) is 23.7 Å². The van der Waals surface area contributed by atoms with E-state index >= 15 is 0 Å². The van der Waals surface area contributed by atoms with Gasteiger partial charge in [0.1, 0.15) is 5.75 Å². The van der Waals surface area contributed by atoms with Gasteiger partial charge in [-0.25, -0.2) is 4.79 Å². The fourth-order valence-corrected chi connectivity index (χ4v) is 4.86. The number of imide groups is 1. The molecule has 1 heterocycles. The standard InChI is InChI=1S/C24H21NO4/c1-2-14-3-11-19(12-4-14)29-24(28)15-7-9-18(10-8-15)25-22(26)20-16-5-6-17(13-16)21(20)23(25)27/h3-12,16-17,20-21H,2,13H2,1H3. The van der Waals surface area contributed by atoms with Crippen LogP contribution >= 0.6 is 0 Å². The Morgan fingerprint density at radius 2 is 1.52 bits per heavy atom. The van der Waals surface area contributed by atoms with E-state index in [9.17, 15) is 14.4 Å². The van der Waals surface area contributed by atoms with Crippen molar-refractivity contribution in [1.82, 2.24) is 0 Å². The van der Waals surface area contributed by atoms with E-state index in [1.807, 2.05) is 12.1 Å². The molecular formula is C24H21NO4. The van der Waals surface area contributed by atoms with Gasteiger partial charge in [0.05, 0.1) is 23.1 Å². The summed E-state index contributed by atoms with van der Waals surface area (Å²) in [5.74, 6) is -0.330. The second kappa shape index (κ2) is 6.69. The van der Waals surface area contributed by atoms with E-state index in [2.05, 4.69) is 19.1 Å². The lowest BCUT2D eigenvalue weighted by Crippen LogP contribution is -2.32. The van der Waals surface area contributed by atoms with Crippen molar-refractivity contribution in [3.05, 3.63) is 71.8 Å². The summed E-state index contributed by atoms with van der Waals surface area (Å²) in [4.78, 5) is 39.5. The molecule has 2 aliphatic carbocycles. The number of ether oxygens (including phenoxy) is 1. The first-order chi connectivity index (χ1) is 14.1. The van der Waals surface area contributed by atoms with Crippen LogP contribution in [-0.2, 0) is 16.0 Å². The quantitative estimate of drug-likeness (QED) is 0.347. The van der Waals surface area contributed by atoms with Gasteiger partial charge < -0.3 is 4.74 Å². The van der Waals surface area contributed by atoms with Crippen LogP contribution in [0.25, 0.3) is 0 Å². The van der Waals surface area contributed by atoms with Crippen molar-refractivity contribution in [3.8, 4) is 5.75 Å². The fraction of sp³-hybridized carbons (Fsp3) is 0.292. The third-order valence-electron chi connectivity index (χ3n) is 6.37. The highest BCUT2D eigenvalue weighted by Crippen LogP contribution is 2.53. The van der Waals surface area contributed by atoms with Gasteiger partial charge >= 0.3 is 5.97 Å². The number of anilines is 1. The number of nitrogens with zero attached hydrogens (tertiary/aromatic N) is 1. The molecule has 2 fully saturated rings. The number of rotatable bonds is 4. The van der Waals surface area contributed by atoms with Gasteiger partial charge in [-0.05, 0) is 66.6 Å². The van der Waals surface area contributed by atoms with Crippen LogP contribution in [0.4, 0.5) is 5.69 Å². The number of benzene rings is 2. The van der Waals surface area contributed by atoms with Crippen molar-refractivity contribution in [2.45, 2.75) is 19.8 Å². The number of aryl methyl sites for hydroxylation is 1. The Kier molecular flexibility index (Phi) is 4.12. The van der Waals surface area contributed by atoms with Crippen LogP contribution in [0, 0.1) is 23.7 Å². The minimum Gasteiger partial charge on any atom is -0.423 e. The van der Waals surface area contributed by atoms with Gasteiger partial charge in [-0.15, -0.1) is 0 Å². The Hall–Kier alpha value is -3.21. The second-order valence-corrected chi connectivity index (χ2v) is 7.95. The molecule has 1 saturated heterocycles. The number of carbonyl (C=O) groups is 3. The van der Waals surface area contributed by atoms with E-state index in [1.165, 1.54) is 10.5 Å². The number of hydrogen-bond acceptors (Lipinski definition) is 4. The van der Waals surface area contributed by atoms with Gasteiger partial charge in [-0.2, -0.15) is 0 Å². The molecule has 146 valence electrons. The highest BCUT2D eigenvalue weighted by molar-refractivity contribution is 6.22. The van der Waals surface area contributed by atoms with Crippen LogP contribution in [-0.4, -0.2) is 17.8 Å². The molecule has 1 aliphatic heterocycles. The molecule has 2 aromatic rings. The Labute approximate surface area is 169 Å². The average Bonchev–Trinajstić information content (AvgIpc) is 3.42. The average molecular weight is 387 g/mol. The minimum atomic E-state index is -0.473. The summed E-state index contributed by atoms with van der Waals surface area (Å²) >= 11 is 0. The lowest BCUT2D eigenvalue weighted by molar-refractivity contribution is -0.123. The SMILES string of the molecule is CCc1ccc(OC(=O)c2ccc(N3C(=O)C4C5C=CC(C5)C4C3=O)cc2)cc1. The fourth-order valence-electron chi connectivity index (χ4n) is 4.86. The Balaban J connectivity index is 1.32. The van der Waals surface area contributed by atoms with Gasteiger partial charge in [0.25, 0.3) is 0 Å². The van der Waals surface area contributed by atoms with E-state index in [-0.39, 0.29) is 35.5 Å². The number of amides is 2. The third-order valence-corrected chi connectivity index (χ3v) is 6.37. The molecule has 5 rings (SSSR count). The molecule has 1 saturated carbocycles. The summed E-state index contributed by atoms with van der Waals surface area (Å²) < 4.78 is 5.41. The van der Waals surface area contributed by atoms with Crippen LogP contribution in [0.2, 0.25) is 0 Å². The number of esters is 1. The molecule has 0 spiro atoms. The molecule has 2 aromatic carbocycles. The van der Waals surface area contributed by atoms with Crippen LogP contribution in [0.3, 0.4) is 0 Å². The molecule has 5 nitrogen and oxygen atoms in total. The van der Waals surface area contributed by atoms with Crippen LogP contribution in [0.15, 0.2) is 60.7 Å². The summed E-state index contributed by atoms with van der Waals surface area (Å²) in [5, 5.41) is 0. The third kappa shape index (κ3) is 2.80. The zero-order chi connectivity index (χ0) is 20.1. The maximum absolute atomic E-state index is 12.9. The summed E-state index contributed by atoms with van der Waals surface area (Å²) in [6.07, 6.45) is 5.98. The summed E-state index contributed by atoms with van der Waals surface area (Å²) in [6.45, 7) is 2.06. The first-order valence-electron chi connectivity index (χ1n) is 10.0. The number of allylic oxidation sites excluding steroid dienone is 2. The zero-order valence-corrected chi connectivity index (χ0v) is 16.1. The highest BCUT2D eigenvalue weighted by atomic mass is 16.5. The maximum atomic E-state index is 12.9. The molecule has 4 atom stereocenters. The number of hydrogen-bond donors (Lipinski definition) is 0. The zero-order valence-electron chi connectivity index (χ0n) is 16.1. The van der Waals surface area contributed by atoms with Crippen molar-refractivity contribution < 1.29 is 19.1 Å². The van der Waals surface area contributed by atoms with Crippen molar-refractivity contribution in [3.63, 3.8) is 0 Å². The van der Waals surface area contributed by atoms with E-state index in [0.717, 1.165) is 12.8 Å². The molecule has 3 aliphatic rings. The monoisotopic (exact) mass is 387 g/mol. The summed E-state index contributed by atoms with van der Waals surface area (Å²) in [6, 6.07) is 13.9. The first kappa shape index (κ1) is 17.9. The lowest BCUT2D eigenvalue weighted by atomic mass is 9.85. The topological polar surface area (TPSA) is 63.7 Å². The number of carbonyl (C=O) groups excluding carboxylic acids is 3. The van der Waals surface area contributed by atoms with Crippen molar-refractivity contribution >= 4 is 23.5 Å². The molecule has 2 amide bonds. The molecule has 29 heavy (non-hydrogen) atoms. The highest BCUT2D eigenvalue weighted by Gasteiger charge is 2.59. The largest absolute Gasteiger partial charge is 0.423 e. The van der Waals surface area contributed by atoms with Crippen LogP contribution in [0.5, 0.6) is 5.75 Å². The van der Waals surface area contributed by atoms with Crippen molar-refractivity contribution in [2.75, 3.05) is 4.90 Å². The van der Waals surface area contributed by atoms with Gasteiger partial charge in [0.2, 0.25) is 11.8 Å². The Morgan fingerprint density at radius 3 is 2.07 bits per heavy atom. The van der Waals surface area contributed by atoms with Crippen LogP contribution < -0.4 is 9.64 Å². The maximum Gasteiger partial charge on any atom is 0.343 e. The predicted octanol–water partition coefficient (Wildman–Crippen LogP) is 3.78. The van der Waals surface area contributed by atoms with E-state index in [1.54, 1.807) is 36.4 Å². The van der Waals surface area contributed by atoms with E-state index in [4.69, 9.17) is 4.74 Å². The molecule has 0 N–H and O–H groups in total. The van der Waals surface area contributed by atoms with Crippen molar-refractivity contribution in [1.29, 1.82) is 0 Å². The number of fused-ring (bicyclic) bond motifs is 5. The molecule has 2 bridgehead atoms. The van der Waals surface area contributed by atoms with E-state index < -0.39 is 5.97 Å². The van der Waals surface area contributed by atoms with Gasteiger partial charge in [-0.3, -0.25) is 14.5 Å². The van der Waals surface area contributed by atoms with E-state index in [0.29, 0.717) is 17.0 Å². The molecule has 0 aromatic heterocycles. The minimum absolute atomic E-state index is 0.122. The molecule has 5 heteroatoms. The van der Waals surface area contributed by atoms with Crippen LogP contribution in [0.1, 0.15) is 29.3 Å². The first-order valence-corrected chi connectivity index (χ1v) is 10.0. The summed E-state index contributed by atoms with van der Waals surface area (Å²) in [7, 11) is 0. The smallest absolute Gasteiger partial charge is 0.343 e. The lowest BCUT2D eigenvalue weighted by Gasteiger charge is -2.17. The Morgan fingerprint density at radius 1 is 0.931 bits per heavy atom. The molecular weight excluding hydrogens is 366 g/mol. The molecule has 4 unspecified atom stereocenters. The predicted molar refractivity (Wildman–Crippen MR) is 107 cm³/mol. The van der Waals surface area contributed by atoms with Gasteiger partial charge in [0.15, 0.2) is 0 Å². The summed E-state index contributed by atoms with van der Waals surface area (Å²) in [5.41, 5.74) is 2.05. The second-order valence-electron chi connectivity index (χ2n) is 7.95. The normalized spacial score (nSPS) is 26.9. The molecule has 0 radical (unpaired) electrons. The van der Waals surface area contributed by atoms with Gasteiger partial charge in [0, 0.05) is 0 Å². The Bertz CT molecular complexity index is 992. The van der Waals surface area contributed by atoms with Gasteiger partial charge in [-0.1, -0.05) is 31.2 Å².